The van der Waals surface area contributed by atoms with E-state index in [1.807, 2.05) is 11.0 Å². The Bertz CT molecular complexity index is 372. The Balaban J connectivity index is 3.06. The molecule has 0 spiro atoms. The van der Waals surface area contributed by atoms with E-state index in [1.165, 1.54) is 6.07 Å². The Morgan fingerprint density at radius 1 is 1.44 bits per heavy atom. The first-order chi connectivity index (χ1) is 8.61. The van der Waals surface area contributed by atoms with Crippen LogP contribution in [0.3, 0.4) is 0 Å². The van der Waals surface area contributed by atoms with E-state index in [-0.39, 0.29) is 12.4 Å². The van der Waals surface area contributed by atoms with E-state index < -0.39 is 6.04 Å². The minimum atomic E-state index is -0.398. The number of halogens is 1. The summed E-state index contributed by atoms with van der Waals surface area (Å²) < 4.78 is 18.8. The molecule has 102 valence electrons. The van der Waals surface area contributed by atoms with Crippen molar-refractivity contribution in [2.75, 3.05) is 38.3 Å². The fourth-order valence-corrected chi connectivity index (χ4v) is 1.93. The van der Waals surface area contributed by atoms with Crippen molar-refractivity contribution in [1.82, 2.24) is 0 Å². The number of rotatable bonds is 7. The van der Waals surface area contributed by atoms with Gasteiger partial charge in [-0.2, -0.15) is 0 Å². The van der Waals surface area contributed by atoms with Crippen molar-refractivity contribution in [3.05, 3.63) is 29.6 Å². The summed E-state index contributed by atoms with van der Waals surface area (Å²) in [6, 6.07) is 4.46. The third-order valence-corrected chi connectivity index (χ3v) is 2.76. The largest absolute Gasteiger partial charge is 0.395 e. The highest BCUT2D eigenvalue weighted by Crippen LogP contribution is 2.27. The predicted molar refractivity (Wildman–Crippen MR) is 70.2 cm³/mol. The Morgan fingerprint density at radius 3 is 2.72 bits per heavy atom. The molecule has 1 rings (SSSR count). The van der Waals surface area contributed by atoms with Crippen molar-refractivity contribution in [3.63, 3.8) is 0 Å². The molecule has 0 aliphatic rings. The van der Waals surface area contributed by atoms with Gasteiger partial charge in [0.15, 0.2) is 0 Å². The first-order valence-electron chi connectivity index (χ1n) is 6.00. The molecular formula is C13H21FN2O2. The van der Waals surface area contributed by atoms with Crippen LogP contribution in [0.15, 0.2) is 18.2 Å². The average molecular weight is 256 g/mol. The molecular weight excluding hydrogens is 235 g/mol. The summed E-state index contributed by atoms with van der Waals surface area (Å²) >= 11 is 0. The van der Waals surface area contributed by atoms with E-state index in [4.69, 9.17) is 15.6 Å². The zero-order valence-electron chi connectivity index (χ0n) is 10.9. The molecule has 4 nitrogen and oxygen atoms in total. The molecule has 0 radical (unpaired) electrons. The SMILES string of the molecule is COCCN(CCO)c1cccc(F)c1C(C)N. The Morgan fingerprint density at radius 2 is 2.17 bits per heavy atom. The number of nitrogens with two attached hydrogens (primary N) is 1. The van der Waals surface area contributed by atoms with E-state index in [0.29, 0.717) is 25.3 Å². The predicted octanol–water partition coefficient (Wildman–Crippen LogP) is 1.29. The van der Waals surface area contributed by atoms with Crippen molar-refractivity contribution in [2.45, 2.75) is 13.0 Å². The lowest BCUT2D eigenvalue weighted by molar-refractivity contribution is 0.203. The zero-order valence-corrected chi connectivity index (χ0v) is 10.9. The monoisotopic (exact) mass is 256 g/mol. The Kier molecular flexibility index (Phi) is 6.04. The molecule has 0 heterocycles. The number of hydrogen-bond acceptors (Lipinski definition) is 4. The van der Waals surface area contributed by atoms with Crippen LogP contribution in [0.25, 0.3) is 0 Å². The molecule has 1 atom stereocenters. The first-order valence-corrected chi connectivity index (χ1v) is 6.00. The molecule has 3 N–H and O–H groups in total. The van der Waals surface area contributed by atoms with Crippen LogP contribution in [0.4, 0.5) is 10.1 Å². The molecule has 5 heteroatoms. The molecule has 0 amide bonds. The topological polar surface area (TPSA) is 58.7 Å². The first kappa shape index (κ1) is 14.9. The molecule has 18 heavy (non-hydrogen) atoms. The third-order valence-electron chi connectivity index (χ3n) is 2.76. The summed E-state index contributed by atoms with van der Waals surface area (Å²) in [5.41, 5.74) is 7.01. The standard InChI is InChI=1S/C13H21FN2O2/c1-10(15)13-11(14)4-3-5-12(13)16(6-8-17)7-9-18-2/h3-5,10,17H,6-9,15H2,1-2H3. The fraction of sp³-hybridized carbons (Fsp3) is 0.538. The quantitative estimate of drug-likeness (QED) is 0.772. The number of methoxy groups -OCH3 is 1. The van der Waals surface area contributed by atoms with Gasteiger partial charge in [-0.25, -0.2) is 4.39 Å². The minimum Gasteiger partial charge on any atom is -0.395 e. The Hall–Kier alpha value is -1.17. The molecule has 1 aromatic carbocycles. The maximum Gasteiger partial charge on any atom is 0.130 e. The van der Waals surface area contributed by atoms with Crippen molar-refractivity contribution in [1.29, 1.82) is 0 Å². The molecule has 0 aliphatic carbocycles. The van der Waals surface area contributed by atoms with Gasteiger partial charge in [0.05, 0.1) is 13.2 Å². The highest BCUT2D eigenvalue weighted by molar-refractivity contribution is 5.55. The van der Waals surface area contributed by atoms with Gasteiger partial charge in [-0.15, -0.1) is 0 Å². The van der Waals surface area contributed by atoms with E-state index in [0.717, 1.165) is 5.69 Å². The van der Waals surface area contributed by atoms with Crippen LogP contribution in [0, 0.1) is 5.82 Å². The van der Waals surface area contributed by atoms with Gasteiger partial charge in [-0.3, -0.25) is 0 Å². The van der Waals surface area contributed by atoms with Gasteiger partial charge >= 0.3 is 0 Å². The lowest BCUT2D eigenvalue weighted by Gasteiger charge is -2.27. The van der Waals surface area contributed by atoms with Crippen LogP contribution in [0.1, 0.15) is 18.5 Å². The molecule has 0 aliphatic heterocycles. The van der Waals surface area contributed by atoms with Gasteiger partial charge in [0.1, 0.15) is 5.82 Å². The molecule has 0 saturated carbocycles. The van der Waals surface area contributed by atoms with Crippen LogP contribution >= 0.6 is 0 Å². The lowest BCUT2D eigenvalue weighted by Crippen LogP contribution is -2.32. The number of hydrogen-bond donors (Lipinski definition) is 2. The van der Waals surface area contributed by atoms with Gasteiger partial charge in [0, 0.05) is 37.5 Å². The van der Waals surface area contributed by atoms with Crippen LogP contribution in [0.5, 0.6) is 0 Å². The van der Waals surface area contributed by atoms with Gasteiger partial charge in [-0.1, -0.05) is 6.07 Å². The highest BCUT2D eigenvalue weighted by atomic mass is 19.1. The van der Waals surface area contributed by atoms with E-state index in [2.05, 4.69) is 0 Å². The van der Waals surface area contributed by atoms with Crippen LogP contribution in [-0.4, -0.2) is 38.5 Å². The van der Waals surface area contributed by atoms with Crippen LogP contribution in [0.2, 0.25) is 0 Å². The Labute approximate surface area is 107 Å². The number of aliphatic hydroxyl groups is 1. The van der Waals surface area contributed by atoms with Crippen molar-refractivity contribution in [2.24, 2.45) is 5.73 Å². The smallest absolute Gasteiger partial charge is 0.130 e. The van der Waals surface area contributed by atoms with E-state index in [9.17, 15) is 4.39 Å². The van der Waals surface area contributed by atoms with Crippen molar-refractivity contribution in [3.8, 4) is 0 Å². The van der Waals surface area contributed by atoms with Gasteiger partial charge in [0.2, 0.25) is 0 Å². The van der Waals surface area contributed by atoms with Crippen LogP contribution < -0.4 is 10.6 Å². The molecule has 0 fully saturated rings. The summed E-state index contributed by atoms with van der Waals surface area (Å²) in [6.07, 6.45) is 0. The number of aliphatic hydroxyl groups excluding tert-OH is 1. The number of ether oxygens (including phenoxy) is 1. The van der Waals surface area contributed by atoms with Crippen LogP contribution in [-0.2, 0) is 4.74 Å². The summed E-state index contributed by atoms with van der Waals surface area (Å²) in [5.74, 6) is -0.317. The second kappa shape index (κ2) is 7.31. The van der Waals surface area contributed by atoms with E-state index >= 15 is 0 Å². The fourth-order valence-electron chi connectivity index (χ4n) is 1.93. The molecule has 0 saturated heterocycles. The van der Waals surface area contributed by atoms with E-state index in [1.54, 1.807) is 20.1 Å². The maximum absolute atomic E-state index is 13.8. The second-order valence-electron chi connectivity index (χ2n) is 4.16. The van der Waals surface area contributed by atoms with Crippen molar-refractivity contribution < 1.29 is 14.2 Å². The average Bonchev–Trinajstić information content (AvgIpc) is 2.33. The normalized spacial score (nSPS) is 12.5. The summed E-state index contributed by atoms with van der Waals surface area (Å²) in [5, 5.41) is 9.09. The lowest BCUT2D eigenvalue weighted by atomic mass is 10.0. The number of benzene rings is 1. The summed E-state index contributed by atoms with van der Waals surface area (Å²) in [6.45, 7) is 3.26. The van der Waals surface area contributed by atoms with Gasteiger partial charge in [-0.05, 0) is 19.1 Å². The van der Waals surface area contributed by atoms with Gasteiger partial charge < -0.3 is 20.5 Å². The molecule has 0 bridgehead atoms. The minimum absolute atomic E-state index is 0.00137. The molecule has 1 unspecified atom stereocenters. The zero-order chi connectivity index (χ0) is 13.5. The maximum atomic E-state index is 13.8. The second-order valence-corrected chi connectivity index (χ2v) is 4.16. The molecule has 1 aromatic rings. The third kappa shape index (κ3) is 3.66. The number of anilines is 1. The summed E-state index contributed by atoms with van der Waals surface area (Å²) in [4.78, 5) is 1.88. The van der Waals surface area contributed by atoms with Crippen molar-refractivity contribution >= 4 is 5.69 Å². The highest BCUT2D eigenvalue weighted by Gasteiger charge is 2.17. The summed E-state index contributed by atoms with van der Waals surface area (Å²) in [7, 11) is 1.61. The number of nitrogens with zero attached hydrogens (tertiary/aromatic N) is 1. The van der Waals surface area contributed by atoms with Gasteiger partial charge in [0.25, 0.3) is 0 Å². The molecule has 0 aromatic heterocycles.